The van der Waals surface area contributed by atoms with Gasteiger partial charge in [-0.3, -0.25) is 19.4 Å². The lowest BCUT2D eigenvalue weighted by Crippen LogP contribution is -2.57. The molecule has 0 aliphatic rings. The summed E-state index contributed by atoms with van der Waals surface area (Å²) in [7, 11) is 0. The number of carbonyl (C=O) groups excluding carboxylic acids is 3. The lowest BCUT2D eigenvalue weighted by Gasteiger charge is -2.25. The van der Waals surface area contributed by atoms with E-state index < -0.39 is 47.9 Å². The second-order valence-corrected chi connectivity index (χ2v) is 10.9. The van der Waals surface area contributed by atoms with E-state index in [1.54, 1.807) is 48.2 Å². The van der Waals surface area contributed by atoms with Crippen LogP contribution in [0.25, 0.3) is 0 Å². The van der Waals surface area contributed by atoms with Crippen LogP contribution in [0.15, 0.2) is 59.6 Å². The first kappa shape index (κ1) is 34.9. The minimum atomic E-state index is -1.32. The number of nitrogens with two attached hydrogens (primary N) is 3. The van der Waals surface area contributed by atoms with Crippen molar-refractivity contribution in [2.24, 2.45) is 22.2 Å². The van der Waals surface area contributed by atoms with Gasteiger partial charge >= 0.3 is 5.97 Å². The van der Waals surface area contributed by atoms with E-state index in [1.165, 1.54) is 12.1 Å². The molecule has 0 aromatic heterocycles. The monoisotopic (exact) mass is 615 g/mol. The summed E-state index contributed by atoms with van der Waals surface area (Å²) in [4.78, 5) is 55.7. The molecule has 13 nitrogen and oxygen atoms in total. The van der Waals surface area contributed by atoms with Crippen LogP contribution in [-0.2, 0) is 32.0 Å². The Morgan fingerprint density at radius 1 is 0.814 bits per heavy atom. The van der Waals surface area contributed by atoms with Crippen LogP contribution in [0.2, 0.25) is 0 Å². The third-order valence-corrected chi connectivity index (χ3v) is 7.10. The van der Waals surface area contributed by atoms with Crippen molar-refractivity contribution in [3.63, 3.8) is 0 Å². The molecule has 4 unspecified atom stereocenters. The molecular formula is C29H41N7O6S. The number of phenolic OH excluding ortho intramolecular Hbond substituents is 1. The van der Waals surface area contributed by atoms with Gasteiger partial charge in [-0.1, -0.05) is 42.5 Å². The third-order valence-electron chi connectivity index (χ3n) is 6.45. The number of nitrogens with one attached hydrogen (secondary N) is 3. The molecule has 0 heterocycles. The van der Waals surface area contributed by atoms with Crippen molar-refractivity contribution in [2.75, 3.05) is 18.6 Å². The van der Waals surface area contributed by atoms with Gasteiger partial charge in [0.25, 0.3) is 0 Å². The zero-order valence-electron chi connectivity index (χ0n) is 24.1. The van der Waals surface area contributed by atoms with Crippen molar-refractivity contribution in [3.8, 4) is 5.75 Å². The number of hydrogen-bond acceptors (Lipinski definition) is 8. The standard InChI is InChI=1S/C29H41N7O6S/c1-43-15-13-21(30)25(38)35-23(16-18-6-3-2-4-7-18)27(40)34-22(8-5-14-33-29(31)32)26(39)36-24(28(41)42)17-19-9-11-20(37)12-10-19/h2-4,6-7,9-12,21-24,37H,5,8,13-17,30H2,1H3,(H,34,40)(H,35,38)(H,36,39)(H,41,42)(H4,31,32,33). The first-order chi connectivity index (χ1) is 20.5. The number of carboxylic acids is 1. The van der Waals surface area contributed by atoms with Crippen LogP contribution in [-0.4, -0.2) is 82.6 Å². The number of rotatable bonds is 18. The van der Waals surface area contributed by atoms with Crippen molar-refractivity contribution < 1.29 is 29.4 Å². The number of carboxylic acid groups (broad SMARTS) is 1. The van der Waals surface area contributed by atoms with E-state index in [2.05, 4.69) is 20.9 Å². The summed E-state index contributed by atoms with van der Waals surface area (Å²) in [6.45, 7) is 0.173. The van der Waals surface area contributed by atoms with E-state index in [0.29, 0.717) is 24.2 Å². The molecule has 0 bridgehead atoms. The minimum Gasteiger partial charge on any atom is -0.508 e. The molecule has 3 amide bonds. The van der Waals surface area contributed by atoms with Crippen LogP contribution in [0, 0.1) is 0 Å². The van der Waals surface area contributed by atoms with Crippen LogP contribution in [0.4, 0.5) is 0 Å². The lowest BCUT2D eigenvalue weighted by atomic mass is 10.0. The molecule has 0 saturated heterocycles. The quantitative estimate of drug-likeness (QED) is 0.0627. The number of aliphatic carboxylic acids is 1. The number of aliphatic imine (C=N–C) groups is 1. The first-order valence-electron chi connectivity index (χ1n) is 13.8. The van der Waals surface area contributed by atoms with E-state index in [-0.39, 0.29) is 37.5 Å². The number of benzene rings is 2. The van der Waals surface area contributed by atoms with Gasteiger partial charge in [0.2, 0.25) is 17.7 Å². The Kier molecular flexibility index (Phi) is 14.8. The van der Waals surface area contributed by atoms with Gasteiger partial charge in [-0.25, -0.2) is 4.79 Å². The fourth-order valence-corrected chi connectivity index (χ4v) is 4.59. The Hall–Kier alpha value is -4.30. The summed E-state index contributed by atoms with van der Waals surface area (Å²) >= 11 is 1.54. The topological polar surface area (TPSA) is 235 Å². The number of guanidine groups is 1. The molecular weight excluding hydrogens is 574 g/mol. The SMILES string of the molecule is CSCCC(N)C(=O)NC(Cc1ccccc1)C(=O)NC(CCCN=C(N)N)C(=O)NC(Cc1ccc(O)cc1)C(=O)O. The van der Waals surface area contributed by atoms with Crippen LogP contribution < -0.4 is 33.2 Å². The van der Waals surface area contributed by atoms with Crippen molar-refractivity contribution in [1.29, 1.82) is 0 Å². The number of amides is 3. The maximum atomic E-state index is 13.6. The first-order valence-corrected chi connectivity index (χ1v) is 15.1. The Balaban J connectivity index is 2.25. The average Bonchev–Trinajstić information content (AvgIpc) is 2.97. The van der Waals surface area contributed by atoms with Crippen LogP contribution >= 0.6 is 11.8 Å². The largest absolute Gasteiger partial charge is 0.508 e. The fourth-order valence-electron chi connectivity index (χ4n) is 4.10. The molecule has 0 fully saturated rings. The summed E-state index contributed by atoms with van der Waals surface area (Å²) in [5.74, 6) is -2.60. The van der Waals surface area contributed by atoms with E-state index in [4.69, 9.17) is 17.2 Å². The van der Waals surface area contributed by atoms with Gasteiger partial charge in [-0.05, 0) is 54.5 Å². The van der Waals surface area contributed by atoms with E-state index in [9.17, 15) is 29.4 Å². The number of hydrogen-bond donors (Lipinski definition) is 8. The van der Waals surface area contributed by atoms with Gasteiger partial charge < -0.3 is 43.4 Å². The van der Waals surface area contributed by atoms with Crippen molar-refractivity contribution in [2.45, 2.75) is 56.3 Å². The summed E-state index contributed by atoms with van der Waals surface area (Å²) in [5.41, 5.74) is 18.2. The zero-order valence-corrected chi connectivity index (χ0v) is 24.9. The van der Waals surface area contributed by atoms with Crippen molar-refractivity contribution in [1.82, 2.24) is 16.0 Å². The number of thioether (sulfide) groups is 1. The normalized spacial score (nSPS) is 13.5. The zero-order chi connectivity index (χ0) is 31.8. The van der Waals surface area contributed by atoms with Crippen molar-refractivity contribution in [3.05, 3.63) is 65.7 Å². The molecule has 0 spiro atoms. The Morgan fingerprint density at radius 3 is 1.98 bits per heavy atom. The summed E-state index contributed by atoms with van der Waals surface area (Å²) in [6.07, 6.45) is 2.76. The predicted octanol–water partition coefficient (Wildman–Crippen LogP) is -0.150. The van der Waals surface area contributed by atoms with Gasteiger partial charge in [0, 0.05) is 19.4 Å². The second-order valence-electron chi connectivity index (χ2n) is 9.92. The Labute approximate surface area is 255 Å². The van der Waals surface area contributed by atoms with E-state index >= 15 is 0 Å². The van der Waals surface area contributed by atoms with Crippen molar-refractivity contribution >= 4 is 41.4 Å². The molecule has 2 aromatic carbocycles. The molecule has 14 heteroatoms. The highest BCUT2D eigenvalue weighted by Gasteiger charge is 2.30. The molecule has 2 aromatic rings. The number of nitrogens with zero attached hydrogens (tertiary/aromatic N) is 1. The Morgan fingerprint density at radius 2 is 1.37 bits per heavy atom. The summed E-state index contributed by atoms with van der Waals surface area (Å²) in [6, 6.07) is 10.6. The second kappa shape index (κ2) is 18.3. The smallest absolute Gasteiger partial charge is 0.326 e. The maximum Gasteiger partial charge on any atom is 0.326 e. The highest BCUT2D eigenvalue weighted by atomic mass is 32.2. The molecule has 4 atom stereocenters. The van der Waals surface area contributed by atoms with Crippen LogP contribution in [0.3, 0.4) is 0 Å². The molecule has 0 saturated carbocycles. The lowest BCUT2D eigenvalue weighted by molar-refractivity contribution is -0.142. The molecule has 0 radical (unpaired) electrons. The molecule has 0 aliphatic heterocycles. The van der Waals surface area contributed by atoms with Crippen LogP contribution in [0.5, 0.6) is 5.75 Å². The fraction of sp³-hybridized carbons (Fsp3) is 0.414. The van der Waals surface area contributed by atoms with Gasteiger partial charge in [-0.15, -0.1) is 0 Å². The van der Waals surface area contributed by atoms with Gasteiger partial charge in [0.05, 0.1) is 6.04 Å². The highest BCUT2D eigenvalue weighted by molar-refractivity contribution is 7.98. The third kappa shape index (κ3) is 13.0. The number of carbonyl (C=O) groups is 4. The van der Waals surface area contributed by atoms with Gasteiger partial charge in [0.1, 0.15) is 23.9 Å². The number of aromatic hydroxyl groups is 1. The van der Waals surface area contributed by atoms with E-state index in [1.807, 2.05) is 12.3 Å². The van der Waals surface area contributed by atoms with Crippen LogP contribution in [0.1, 0.15) is 30.4 Å². The van der Waals surface area contributed by atoms with Gasteiger partial charge in [0.15, 0.2) is 5.96 Å². The number of phenols is 1. The molecule has 2 rings (SSSR count). The van der Waals surface area contributed by atoms with E-state index in [0.717, 1.165) is 5.56 Å². The summed E-state index contributed by atoms with van der Waals surface area (Å²) < 4.78 is 0. The molecule has 43 heavy (non-hydrogen) atoms. The average molecular weight is 616 g/mol. The Bertz CT molecular complexity index is 1230. The highest BCUT2D eigenvalue weighted by Crippen LogP contribution is 2.12. The molecule has 0 aliphatic carbocycles. The molecule has 11 N–H and O–H groups in total. The van der Waals surface area contributed by atoms with Gasteiger partial charge in [-0.2, -0.15) is 11.8 Å². The minimum absolute atomic E-state index is 0.0190. The predicted molar refractivity (Wildman–Crippen MR) is 166 cm³/mol. The summed E-state index contributed by atoms with van der Waals surface area (Å²) in [5, 5.41) is 27.2. The maximum absolute atomic E-state index is 13.6. The molecule has 234 valence electrons.